The molecule has 0 aromatic heterocycles. The molecule has 0 aromatic rings. The van der Waals surface area contributed by atoms with Crippen LogP contribution in [0.3, 0.4) is 0 Å². The third-order valence-electron chi connectivity index (χ3n) is 2.52. The van der Waals surface area contributed by atoms with Gasteiger partial charge in [-0.05, 0) is 40.0 Å². The Morgan fingerprint density at radius 2 is 0.938 bits per heavy atom. The van der Waals surface area contributed by atoms with Crippen molar-refractivity contribution >= 4 is 8.60 Å². The molecule has 0 N–H and O–H groups in total. The molecule has 0 heterocycles. The Hall–Kier alpha value is 0.310. The molecule has 0 aliphatic rings. The van der Waals surface area contributed by atoms with Crippen molar-refractivity contribution in [2.24, 2.45) is 0 Å². The second-order valence-electron chi connectivity index (χ2n) is 4.20. The molecule has 4 heteroatoms. The Morgan fingerprint density at radius 3 is 1.12 bits per heavy atom. The molecule has 3 atom stereocenters. The summed E-state index contributed by atoms with van der Waals surface area (Å²) in [5, 5.41) is 0. The predicted octanol–water partition coefficient (Wildman–Crippen LogP) is 4.66. The van der Waals surface area contributed by atoms with Crippen LogP contribution in [0, 0.1) is 0 Å². The van der Waals surface area contributed by atoms with Crippen LogP contribution in [-0.2, 0) is 13.6 Å². The zero-order valence-electron chi connectivity index (χ0n) is 11.5. The summed E-state index contributed by atoms with van der Waals surface area (Å²) >= 11 is 0. The molecule has 0 saturated carbocycles. The fourth-order valence-electron chi connectivity index (χ4n) is 0.739. The Balaban J connectivity index is 4.15. The molecule has 0 saturated heterocycles. The van der Waals surface area contributed by atoms with E-state index in [1.807, 2.05) is 0 Å². The van der Waals surface area contributed by atoms with Crippen LogP contribution in [0.4, 0.5) is 0 Å². The summed E-state index contributed by atoms with van der Waals surface area (Å²) in [5.41, 5.74) is 0. The highest BCUT2D eigenvalue weighted by atomic mass is 31.2. The minimum absolute atomic E-state index is 0.194. The molecule has 0 bridgehead atoms. The van der Waals surface area contributed by atoms with Crippen LogP contribution in [-0.4, -0.2) is 18.3 Å². The van der Waals surface area contributed by atoms with Gasteiger partial charge in [0.25, 0.3) is 0 Å². The second-order valence-corrected chi connectivity index (χ2v) is 5.28. The van der Waals surface area contributed by atoms with Gasteiger partial charge in [-0.15, -0.1) is 0 Å². The van der Waals surface area contributed by atoms with Crippen molar-refractivity contribution in [1.82, 2.24) is 0 Å². The molecule has 3 nitrogen and oxygen atoms in total. The van der Waals surface area contributed by atoms with E-state index in [9.17, 15) is 0 Å². The van der Waals surface area contributed by atoms with E-state index in [2.05, 4.69) is 41.5 Å². The highest BCUT2D eigenvalue weighted by Gasteiger charge is 2.20. The summed E-state index contributed by atoms with van der Waals surface area (Å²) in [5.74, 6) is 0. The largest absolute Gasteiger partial charge is 0.333 e. The monoisotopic (exact) mass is 250 g/mol. The lowest BCUT2D eigenvalue weighted by Gasteiger charge is -2.25. The van der Waals surface area contributed by atoms with Crippen molar-refractivity contribution in [3.05, 3.63) is 0 Å². The highest BCUT2D eigenvalue weighted by molar-refractivity contribution is 7.41. The quantitative estimate of drug-likeness (QED) is 0.557. The van der Waals surface area contributed by atoms with Crippen molar-refractivity contribution < 1.29 is 13.6 Å². The molecule has 0 radical (unpaired) electrons. The van der Waals surface area contributed by atoms with Gasteiger partial charge >= 0.3 is 8.60 Å². The molecule has 0 amide bonds. The van der Waals surface area contributed by atoms with Crippen molar-refractivity contribution in [3.8, 4) is 0 Å². The Morgan fingerprint density at radius 1 is 0.688 bits per heavy atom. The zero-order valence-corrected chi connectivity index (χ0v) is 12.4. The van der Waals surface area contributed by atoms with Gasteiger partial charge in [-0.2, -0.15) is 0 Å². The first-order valence-corrected chi connectivity index (χ1v) is 7.43. The zero-order chi connectivity index (χ0) is 12.6. The van der Waals surface area contributed by atoms with Gasteiger partial charge in [-0.3, -0.25) is 0 Å². The summed E-state index contributed by atoms with van der Waals surface area (Å²) in [7, 11) is -1.20. The summed E-state index contributed by atoms with van der Waals surface area (Å²) < 4.78 is 17.3. The molecule has 0 rings (SSSR count). The maximum atomic E-state index is 5.76. The van der Waals surface area contributed by atoms with Crippen molar-refractivity contribution in [2.45, 2.75) is 79.1 Å². The van der Waals surface area contributed by atoms with Gasteiger partial charge < -0.3 is 13.6 Å². The summed E-state index contributed by atoms with van der Waals surface area (Å²) in [4.78, 5) is 0. The van der Waals surface area contributed by atoms with E-state index in [1.165, 1.54) is 0 Å². The van der Waals surface area contributed by atoms with Crippen LogP contribution in [0.1, 0.15) is 60.8 Å². The van der Waals surface area contributed by atoms with Gasteiger partial charge in [-0.25, -0.2) is 0 Å². The first-order chi connectivity index (χ1) is 7.53. The molecular weight excluding hydrogens is 223 g/mol. The third kappa shape index (κ3) is 7.56. The van der Waals surface area contributed by atoms with Crippen molar-refractivity contribution in [3.63, 3.8) is 0 Å². The van der Waals surface area contributed by atoms with Crippen LogP contribution >= 0.6 is 8.60 Å². The Labute approximate surface area is 102 Å². The number of rotatable bonds is 9. The average molecular weight is 250 g/mol. The molecule has 0 aromatic carbocycles. The smallest absolute Gasteiger partial charge is 0.309 e. The van der Waals surface area contributed by atoms with E-state index in [0.717, 1.165) is 19.3 Å². The highest BCUT2D eigenvalue weighted by Crippen LogP contribution is 2.44. The molecule has 0 spiro atoms. The molecule has 0 aliphatic carbocycles. The number of hydrogen-bond donors (Lipinski definition) is 0. The fraction of sp³-hybridized carbons (Fsp3) is 1.00. The van der Waals surface area contributed by atoms with Crippen LogP contribution in [0.25, 0.3) is 0 Å². The Bertz CT molecular complexity index is 138. The van der Waals surface area contributed by atoms with Crippen LogP contribution in [0.5, 0.6) is 0 Å². The van der Waals surface area contributed by atoms with E-state index < -0.39 is 8.60 Å². The van der Waals surface area contributed by atoms with E-state index in [-0.39, 0.29) is 18.3 Å². The predicted molar refractivity (Wildman–Crippen MR) is 69.4 cm³/mol. The molecule has 16 heavy (non-hydrogen) atoms. The summed E-state index contributed by atoms with van der Waals surface area (Å²) in [6, 6.07) is 0. The minimum atomic E-state index is -1.20. The maximum Gasteiger partial charge on any atom is 0.333 e. The van der Waals surface area contributed by atoms with Gasteiger partial charge in [0, 0.05) is 0 Å². The average Bonchev–Trinajstić information content (AvgIpc) is 2.28. The van der Waals surface area contributed by atoms with Gasteiger partial charge in [-0.1, -0.05) is 20.8 Å². The van der Waals surface area contributed by atoms with Gasteiger partial charge in [0.1, 0.15) is 0 Å². The maximum absolute atomic E-state index is 5.76. The van der Waals surface area contributed by atoms with Gasteiger partial charge in [0.2, 0.25) is 0 Å². The van der Waals surface area contributed by atoms with Crippen LogP contribution < -0.4 is 0 Å². The van der Waals surface area contributed by atoms with Gasteiger partial charge in [0.15, 0.2) is 0 Å². The SMILES string of the molecule is CCC(C)OP(OC(C)CC)OC(C)CC. The molecule has 98 valence electrons. The van der Waals surface area contributed by atoms with E-state index in [1.54, 1.807) is 0 Å². The lowest BCUT2D eigenvalue weighted by molar-refractivity contribution is 0.0764. The normalized spacial score (nSPS) is 19.1. The fourth-order valence-corrected chi connectivity index (χ4v) is 2.22. The summed E-state index contributed by atoms with van der Waals surface area (Å²) in [6.07, 6.45) is 3.52. The summed E-state index contributed by atoms with van der Waals surface area (Å²) in [6.45, 7) is 12.5. The lowest BCUT2D eigenvalue weighted by Crippen LogP contribution is -2.13. The minimum Gasteiger partial charge on any atom is -0.309 e. The molecule has 3 unspecified atom stereocenters. The van der Waals surface area contributed by atoms with Crippen molar-refractivity contribution in [1.29, 1.82) is 0 Å². The lowest BCUT2D eigenvalue weighted by atomic mass is 10.3. The first-order valence-electron chi connectivity index (χ1n) is 6.33. The van der Waals surface area contributed by atoms with E-state index in [0.29, 0.717) is 0 Å². The third-order valence-corrected chi connectivity index (χ3v) is 4.12. The van der Waals surface area contributed by atoms with E-state index in [4.69, 9.17) is 13.6 Å². The molecular formula is C12H27O3P. The van der Waals surface area contributed by atoms with E-state index >= 15 is 0 Å². The van der Waals surface area contributed by atoms with Crippen molar-refractivity contribution in [2.75, 3.05) is 0 Å². The molecule has 0 fully saturated rings. The Kier molecular flexibility index (Phi) is 9.53. The topological polar surface area (TPSA) is 27.7 Å². The van der Waals surface area contributed by atoms with Crippen LogP contribution in [0.2, 0.25) is 0 Å². The second kappa shape index (κ2) is 9.35. The molecule has 0 aliphatic heterocycles. The first kappa shape index (κ1) is 16.3. The number of hydrogen-bond acceptors (Lipinski definition) is 3. The standard InChI is InChI=1S/C12H27O3P/c1-7-10(4)13-16(14-11(5)8-2)15-12(6)9-3/h10-12H,7-9H2,1-6H3. The van der Waals surface area contributed by atoms with Crippen LogP contribution in [0.15, 0.2) is 0 Å². The van der Waals surface area contributed by atoms with Gasteiger partial charge in [0.05, 0.1) is 18.3 Å².